The van der Waals surface area contributed by atoms with E-state index in [1.54, 1.807) is 28.6 Å². The molecule has 1 aliphatic carbocycles. The summed E-state index contributed by atoms with van der Waals surface area (Å²) in [6, 6.07) is 15.2. The first-order valence-corrected chi connectivity index (χ1v) is 10.7. The molecule has 0 saturated carbocycles. The van der Waals surface area contributed by atoms with E-state index in [0.717, 1.165) is 22.4 Å². The van der Waals surface area contributed by atoms with Gasteiger partial charge >= 0.3 is 0 Å². The third-order valence-corrected chi connectivity index (χ3v) is 6.41. The number of aromatic nitrogens is 3. The zero-order chi connectivity index (χ0) is 20.0. The molecule has 0 amide bonds. The normalized spacial score (nSPS) is 20.8. The third-order valence-electron chi connectivity index (χ3n) is 5.67. The number of ketones is 1. The smallest absolute Gasteiger partial charge is 0.226 e. The number of carbonyl (C=O) groups is 1. The number of nitrogens with zero attached hydrogens (tertiary/aromatic N) is 3. The molecule has 2 N–H and O–H groups in total. The first kappa shape index (κ1) is 18.0. The predicted molar refractivity (Wildman–Crippen MR) is 112 cm³/mol. The van der Waals surface area contributed by atoms with Gasteiger partial charge < -0.3 is 10.4 Å². The van der Waals surface area contributed by atoms with Crippen LogP contribution < -0.4 is 5.32 Å². The summed E-state index contributed by atoms with van der Waals surface area (Å²) < 4.78 is 1.78. The number of hydrogen-bond donors (Lipinski definition) is 2. The molecule has 0 spiro atoms. The van der Waals surface area contributed by atoms with Crippen LogP contribution in [-0.2, 0) is 4.79 Å². The molecular formula is C22H20N4O2S. The van der Waals surface area contributed by atoms with Gasteiger partial charge in [-0.05, 0) is 42.0 Å². The number of benzene rings is 2. The highest BCUT2D eigenvalue weighted by atomic mass is 32.2. The van der Waals surface area contributed by atoms with Crippen molar-refractivity contribution in [1.82, 2.24) is 14.8 Å². The van der Waals surface area contributed by atoms with Gasteiger partial charge in [-0.2, -0.15) is 10.1 Å². The molecule has 2 heterocycles. The van der Waals surface area contributed by atoms with Gasteiger partial charge in [-0.15, -0.1) is 11.8 Å². The van der Waals surface area contributed by atoms with Crippen molar-refractivity contribution in [3.05, 3.63) is 77.3 Å². The number of hydrogen-bond acceptors (Lipinski definition) is 6. The topological polar surface area (TPSA) is 80.0 Å². The lowest BCUT2D eigenvalue weighted by Crippen LogP contribution is -2.33. The number of phenols is 1. The van der Waals surface area contributed by atoms with Crippen LogP contribution in [0, 0.1) is 0 Å². The maximum absolute atomic E-state index is 13.3. The van der Waals surface area contributed by atoms with Crippen molar-refractivity contribution in [2.24, 2.45) is 0 Å². The highest BCUT2D eigenvalue weighted by Crippen LogP contribution is 2.45. The average Bonchev–Trinajstić information content (AvgIpc) is 3.20. The summed E-state index contributed by atoms with van der Waals surface area (Å²) in [5, 5.41) is 18.0. The molecule has 1 aromatic heterocycles. The number of fused-ring (bicyclic) bond motifs is 1. The first-order valence-electron chi connectivity index (χ1n) is 9.50. The van der Waals surface area contributed by atoms with Gasteiger partial charge in [0.15, 0.2) is 5.78 Å². The lowest BCUT2D eigenvalue weighted by Gasteiger charge is -2.35. The van der Waals surface area contributed by atoms with E-state index in [1.165, 1.54) is 11.2 Å². The Morgan fingerprint density at radius 3 is 2.69 bits per heavy atom. The zero-order valence-corrected chi connectivity index (χ0v) is 16.7. The molecule has 2 aliphatic rings. The molecule has 2 aromatic carbocycles. The Morgan fingerprint density at radius 1 is 1.14 bits per heavy atom. The number of Topliss-reactive ketones (excluding diaryl/α,β-unsaturated/α-hetero) is 1. The predicted octanol–water partition coefficient (Wildman–Crippen LogP) is 4.12. The molecule has 0 bridgehead atoms. The first-order chi connectivity index (χ1) is 14.2. The van der Waals surface area contributed by atoms with Crippen molar-refractivity contribution in [2.75, 3.05) is 11.6 Å². The average molecular weight is 404 g/mol. The molecule has 0 radical (unpaired) electrons. The van der Waals surface area contributed by atoms with Crippen LogP contribution >= 0.6 is 11.8 Å². The van der Waals surface area contributed by atoms with Gasteiger partial charge in [0, 0.05) is 28.5 Å². The van der Waals surface area contributed by atoms with E-state index in [1.807, 2.05) is 18.4 Å². The Labute approximate surface area is 172 Å². The van der Waals surface area contributed by atoms with Gasteiger partial charge in [-0.3, -0.25) is 4.79 Å². The molecule has 2 atom stereocenters. The highest BCUT2D eigenvalue weighted by molar-refractivity contribution is 7.98. The highest BCUT2D eigenvalue weighted by Gasteiger charge is 2.39. The summed E-state index contributed by atoms with van der Waals surface area (Å²) in [7, 11) is 0. The SMILES string of the molecule is CSc1ccc([C@H]2C3=C(C[C@H](c4ccccc4O)CC3=O)Nc3ncnn32)cc1. The maximum atomic E-state index is 13.3. The molecule has 29 heavy (non-hydrogen) atoms. The lowest BCUT2D eigenvalue weighted by molar-refractivity contribution is -0.116. The standard InChI is InChI=1S/C22H20N4O2S/c1-29-15-8-6-13(7-9-15)21-20-17(25-22-23-12-24-26(21)22)10-14(11-19(20)28)16-4-2-3-5-18(16)27/h2-9,12,14,21,27H,10-11H2,1H3,(H,23,24,25)/t14-,21-/m0/s1. The van der Waals surface area contributed by atoms with Crippen molar-refractivity contribution >= 4 is 23.5 Å². The van der Waals surface area contributed by atoms with E-state index in [9.17, 15) is 9.90 Å². The second-order valence-electron chi connectivity index (χ2n) is 7.31. The van der Waals surface area contributed by atoms with Crippen LogP contribution in [0.5, 0.6) is 5.75 Å². The fourth-order valence-electron chi connectivity index (χ4n) is 4.30. The number of thioether (sulfide) groups is 1. The summed E-state index contributed by atoms with van der Waals surface area (Å²) in [5.74, 6) is 0.877. The summed E-state index contributed by atoms with van der Waals surface area (Å²) >= 11 is 1.68. The summed E-state index contributed by atoms with van der Waals surface area (Å²) in [6.07, 6.45) is 4.56. The Bertz CT molecular complexity index is 1120. The fourth-order valence-corrected chi connectivity index (χ4v) is 4.71. The van der Waals surface area contributed by atoms with Crippen molar-refractivity contribution < 1.29 is 9.90 Å². The molecule has 1 aliphatic heterocycles. The van der Waals surface area contributed by atoms with Crippen LogP contribution in [0.4, 0.5) is 5.95 Å². The van der Waals surface area contributed by atoms with Crippen molar-refractivity contribution in [1.29, 1.82) is 0 Å². The van der Waals surface area contributed by atoms with Crippen LogP contribution in [0.15, 0.2) is 71.0 Å². The lowest BCUT2D eigenvalue weighted by atomic mass is 9.77. The van der Waals surface area contributed by atoms with Crippen LogP contribution in [0.3, 0.4) is 0 Å². The Morgan fingerprint density at radius 2 is 1.93 bits per heavy atom. The number of aromatic hydroxyl groups is 1. The summed E-state index contributed by atoms with van der Waals surface area (Å²) in [6.45, 7) is 0. The second kappa shape index (κ2) is 7.08. The van der Waals surface area contributed by atoms with E-state index >= 15 is 0 Å². The van der Waals surface area contributed by atoms with E-state index in [2.05, 4.69) is 39.7 Å². The molecule has 0 saturated heterocycles. The number of allylic oxidation sites excluding steroid dienone is 2. The third kappa shape index (κ3) is 3.02. The van der Waals surface area contributed by atoms with E-state index < -0.39 is 0 Å². The molecule has 5 rings (SSSR count). The number of para-hydroxylation sites is 1. The summed E-state index contributed by atoms with van der Waals surface area (Å²) in [4.78, 5) is 18.8. The summed E-state index contributed by atoms with van der Waals surface area (Å²) in [5.41, 5.74) is 3.43. The molecule has 146 valence electrons. The number of anilines is 1. The molecule has 6 nitrogen and oxygen atoms in total. The fraction of sp³-hybridized carbons (Fsp3) is 0.227. The van der Waals surface area contributed by atoms with Crippen molar-refractivity contribution in [3.63, 3.8) is 0 Å². The van der Waals surface area contributed by atoms with Gasteiger partial charge in [0.2, 0.25) is 5.95 Å². The van der Waals surface area contributed by atoms with Gasteiger partial charge in [-0.1, -0.05) is 30.3 Å². The number of nitrogens with one attached hydrogen (secondary N) is 1. The van der Waals surface area contributed by atoms with Gasteiger partial charge in [-0.25, -0.2) is 4.68 Å². The molecule has 0 fully saturated rings. The number of rotatable bonds is 3. The van der Waals surface area contributed by atoms with E-state index in [-0.39, 0.29) is 23.5 Å². The van der Waals surface area contributed by atoms with E-state index in [0.29, 0.717) is 18.8 Å². The maximum Gasteiger partial charge on any atom is 0.226 e. The monoisotopic (exact) mass is 404 g/mol. The molecular weight excluding hydrogens is 384 g/mol. The van der Waals surface area contributed by atoms with Gasteiger partial charge in [0.05, 0.1) is 0 Å². The Kier molecular flexibility index (Phi) is 4.39. The zero-order valence-electron chi connectivity index (χ0n) is 15.9. The second-order valence-corrected chi connectivity index (χ2v) is 8.19. The number of phenolic OH excluding ortho intramolecular Hbond substituents is 1. The van der Waals surface area contributed by atoms with Crippen LogP contribution in [0.2, 0.25) is 0 Å². The number of carbonyl (C=O) groups excluding carboxylic acids is 1. The van der Waals surface area contributed by atoms with Crippen molar-refractivity contribution in [2.45, 2.75) is 29.7 Å². The Hall–Kier alpha value is -3.06. The minimum atomic E-state index is -0.294. The largest absolute Gasteiger partial charge is 0.508 e. The van der Waals surface area contributed by atoms with Crippen LogP contribution in [-0.4, -0.2) is 31.9 Å². The van der Waals surface area contributed by atoms with Crippen molar-refractivity contribution in [3.8, 4) is 5.75 Å². The minimum Gasteiger partial charge on any atom is -0.508 e. The van der Waals surface area contributed by atoms with Gasteiger partial charge in [0.1, 0.15) is 18.1 Å². The molecule has 0 unspecified atom stereocenters. The minimum absolute atomic E-state index is 0.0658. The van der Waals surface area contributed by atoms with Gasteiger partial charge in [0.25, 0.3) is 0 Å². The van der Waals surface area contributed by atoms with E-state index in [4.69, 9.17) is 0 Å². The van der Waals surface area contributed by atoms with Crippen LogP contribution in [0.1, 0.15) is 35.9 Å². The molecule has 3 aromatic rings. The van der Waals surface area contributed by atoms with Crippen LogP contribution in [0.25, 0.3) is 0 Å². The quantitative estimate of drug-likeness (QED) is 0.639. The molecule has 7 heteroatoms. The Balaban J connectivity index is 1.59.